The van der Waals surface area contributed by atoms with Gasteiger partial charge in [0, 0.05) is 43.1 Å². The van der Waals surface area contributed by atoms with Crippen LogP contribution in [0.3, 0.4) is 0 Å². The minimum atomic E-state index is -0.0989. The van der Waals surface area contributed by atoms with E-state index in [1.165, 1.54) is 0 Å². The maximum absolute atomic E-state index is 12.5. The maximum atomic E-state index is 12.5. The Morgan fingerprint density at radius 3 is 2.96 bits per heavy atom. The smallest absolute Gasteiger partial charge is 0.231 e. The van der Waals surface area contributed by atoms with Crippen LogP contribution < -0.4 is 14.8 Å². The molecular weight excluding hydrogens is 344 g/mol. The maximum Gasteiger partial charge on any atom is 0.231 e. The summed E-state index contributed by atoms with van der Waals surface area (Å²) in [7, 11) is 1.62. The van der Waals surface area contributed by atoms with Crippen LogP contribution >= 0.6 is 0 Å². The fourth-order valence-electron chi connectivity index (χ4n) is 3.47. The summed E-state index contributed by atoms with van der Waals surface area (Å²) < 4.78 is 16.0. The Labute approximate surface area is 157 Å². The molecule has 1 amide bonds. The number of benzene rings is 2. The van der Waals surface area contributed by atoms with Gasteiger partial charge in [-0.15, -0.1) is 0 Å². The van der Waals surface area contributed by atoms with Crippen molar-refractivity contribution in [2.45, 2.75) is 12.3 Å². The van der Waals surface area contributed by atoms with Gasteiger partial charge in [-0.25, -0.2) is 0 Å². The molecule has 0 spiro atoms. The Balaban J connectivity index is 1.68. The Bertz CT molecular complexity index is 950. The molecule has 0 unspecified atom stereocenters. The van der Waals surface area contributed by atoms with Crippen LogP contribution in [0.4, 0.5) is 0 Å². The molecule has 4 rings (SSSR count). The van der Waals surface area contributed by atoms with Crippen LogP contribution in [0.1, 0.15) is 23.5 Å². The molecule has 27 heavy (non-hydrogen) atoms. The van der Waals surface area contributed by atoms with E-state index < -0.39 is 0 Å². The molecule has 0 saturated heterocycles. The highest BCUT2D eigenvalue weighted by Gasteiger charge is 2.24. The van der Waals surface area contributed by atoms with Crippen LogP contribution in [-0.2, 0) is 9.53 Å². The first-order valence-electron chi connectivity index (χ1n) is 8.97. The standard InChI is InChI=1S/C21H22N2O4/c1-25-9-8-22-21(24)11-16(14-6-7-19-20(10-14)27-13-26-19)17-12-23-18-5-3-2-4-15(17)18/h2-7,10,12,16,23H,8-9,11,13H2,1H3,(H,22,24)/t16-/m1/s1. The third-order valence-corrected chi connectivity index (χ3v) is 4.81. The lowest BCUT2D eigenvalue weighted by molar-refractivity contribution is -0.121. The van der Waals surface area contributed by atoms with Crippen molar-refractivity contribution in [1.82, 2.24) is 10.3 Å². The predicted octanol–water partition coefficient (Wildman–Crippen LogP) is 3.18. The van der Waals surface area contributed by atoms with Gasteiger partial charge in [0.1, 0.15) is 0 Å². The zero-order valence-corrected chi connectivity index (χ0v) is 15.2. The van der Waals surface area contributed by atoms with Crippen LogP contribution in [-0.4, -0.2) is 37.9 Å². The van der Waals surface area contributed by atoms with E-state index >= 15 is 0 Å². The first-order chi connectivity index (χ1) is 13.3. The first kappa shape index (κ1) is 17.4. The van der Waals surface area contributed by atoms with Gasteiger partial charge in [-0.2, -0.15) is 0 Å². The summed E-state index contributed by atoms with van der Waals surface area (Å²) in [4.78, 5) is 15.8. The molecule has 2 heterocycles. The quantitative estimate of drug-likeness (QED) is 0.630. The van der Waals surface area contributed by atoms with Crippen LogP contribution in [0.25, 0.3) is 10.9 Å². The number of aromatic amines is 1. The SMILES string of the molecule is COCCNC(=O)C[C@H](c1ccc2c(c1)OCO2)c1c[nH]c2ccccc12. The lowest BCUT2D eigenvalue weighted by Crippen LogP contribution is -2.28. The summed E-state index contributed by atoms with van der Waals surface area (Å²) >= 11 is 0. The lowest BCUT2D eigenvalue weighted by atomic mass is 9.87. The summed E-state index contributed by atoms with van der Waals surface area (Å²) in [6.07, 6.45) is 2.33. The Morgan fingerprint density at radius 1 is 1.22 bits per heavy atom. The average molecular weight is 366 g/mol. The lowest BCUT2D eigenvalue weighted by Gasteiger charge is -2.18. The van der Waals surface area contributed by atoms with E-state index in [4.69, 9.17) is 14.2 Å². The molecule has 0 radical (unpaired) electrons. The third kappa shape index (κ3) is 3.61. The second-order valence-corrected chi connectivity index (χ2v) is 6.50. The summed E-state index contributed by atoms with van der Waals surface area (Å²) in [5.74, 6) is 1.34. The molecule has 6 nitrogen and oxygen atoms in total. The van der Waals surface area contributed by atoms with Gasteiger partial charge < -0.3 is 24.5 Å². The van der Waals surface area contributed by atoms with Crippen molar-refractivity contribution in [3.05, 3.63) is 59.8 Å². The van der Waals surface area contributed by atoms with Crippen molar-refractivity contribution in [3.63, 3.8) is 0 Å². The van der Waals surface area contributed by atoms with Crippen molar-refractivity contribution in [2.24, 2.45) is 0 Å². The molecule has 3 aromatic rings. The van der Waals surface area contributed by atoms with Gasteiger partial charge in [-0.1, -0.05) is 24.3 Å². The molecule has 2 aromatic carbocycles. The Morgan fingerprint density at radius 2 is 2.07 bits per heavy atom. The number of hydrogen-bond donors (Lipinski definition) is 2. The zero-order valence-electron chi connectivity index (χ0n) is 15.2. The molecule has 1 aliphatic rings. The molecule has 1 aliphatic heterocycles. The van der Waals surface area contributed by atoms with Crippen molar-refractivity contribution in [3.8, 4) is 11.5 Å². The molecule has 0 saturated carbocycles. The monoisotopic (exact) mass is 366 g/mol. The van der Waals surface area contributed by atoms with Gasteiger partial charge in [-0.05, 0) is 29.3 Å². The Kier molecular flexibility index (Phi) is 4.98. The summed E-state index contributed by atoms with van der Waals surface area (Å²) in [5, 5.41) is 4.03. The number of hydrogen-bond acceptors (Lipinski definition) is 4. The van der Waals surface area contributed by atoms with Crippen molar-refractivity contribution in [1.29, 1.82) is 0 Å². The first-order valence-corrected chi connectivity index (χ1v) is 8.97. The third-order valence-electron chi connectivity index (χ3n) is 4.81. The van der Waals surface area contributed by atoms with E-state index in [0.29, 0.717) is 19.6 Å². The van der Waals surface area contributed by atoms with Crippen molar-refractivity contribution in [2.75, 3.05) is 27.1 Å². The largest absolute Gasteiger partial charge is 0.454 e. The number of carbonyl (C=O) groups excluding carboxylic acids is 1. The fraction of sp³-hybridized carbons (Fsp3) is 0.286. The predicted molar refractivity (Wildman–Crippen MR) is 102 cm³/mol. The van der Waals surface area contributed by atoms with Gasteiger partial charge in [0.15, 0.2) is 11.5 Å². The van der Waals surface area contributed by atoms with Crippen molar-refractivity contribution >= 4 is 16.8 Å². The van der Waals surface area contributed by atoms with Gasteiger partial charge in [0.05, 0.1) is 6.61 Å². The van der Waals surface area contributed by atoms with E-state index in [1.807, 2.05) is 42.6 Å². The second kappa shape index (κ2) is 7.72. The summed E-state index contributed by atoms with van der Waals surface area (Å²) in [5.41, 5.74) is 3.16. The van der Waals surface area contributed by atoms with Crippen LogP contribution in [0.5, 0.6) is 11.5 Å². The van der Waals surface area contributed by atoms with Crippen LogP contribution in [0, 0.1) is 0 Å². The minimum absolute atomic E-state index is 0.0139. The highest BCUT2D eigenvalue weighted by atomic mass is 16.7. The van der Waals surface area contributed by atoms with Gasteiger partial charge in [0.25, 0.3) is 0 Å². The number of methoxy groups -OCH3 is 1. The number of aromatic nitrogens is 1. The fourth-order valence-corrected chi connectivity index (χ4v) is 3.47. The molecule has 140 valence electrons. The highest BCUT2D eigenvalue weighted by molar-refractivity contribution is 5.86. The molecular formula is C21H22N2O4. The topological polar surface area (TPSA) is 72.6 Å². The molecule has 0 aliphatic carbocycles. The van der Waals surface area contributed by atoms with E-state index in [2.05, 4.69) is 16.4 Å². The van der Waals surface area contributed by atoms with Gasteiger partial charge in [0.2, 0.25) is 12.7 Å². The molecule has 1 atom stereocenters. The number of rotatable bonds is 7. The summed E-state index contributed by atoms with van der Waals surface area (Å²) in [6.45, 7) is 1.22. The second-order valence-electron chi connectivity index (χ2n) is 6.50. The number of para-hydroxylation sites is 1. The zero-order chi connectivity index (χ0) is 18.6. The van der Waals surface area contributed by atoms with E-state index in [1.54, 1.807) is 7.11 Å². The number of ether oxygens (including phenoxy) is 3. The van der Waals surface area contributed by atoms with Crippen LogP contribution in [0.15, 0.2) is 48.7 Å². The minimum Gasteiger partial charge on any atom is -0.454 e. The number of carbonyl (C=O) groups is 1. The molecule has 0 bridgehead atoms. The molecule has 0 fully saturated rings. The van der Waals surface area contributed by atoms with Crippen molar-refractivity contribution < 1.29 is 19.0 Å². The number of amides is 1. The van der Waals surface area contributed by atoms with Gasteiger partial charge in [-0.3, -0.25) is 4.79 Å². The highest BCUT2D eigenvalue weighted by Crippen LogP contribution is 2.39. The van der Waals surface area contributed by atoms with E-state index in [0.717, 1.165) is 33.5 Å². The van der Waals surface area contributed by atoms with E-state index in [9.17, 15) is 4.79 Å². The van der Waals surface area contributed by atoms with E-state index in [-0.39, 0.29) is 18.6 Å². The number of H-pyrrole nitrogens is 1. The molecule has 1 aromatic heterocycles. The Hall–Kier alpha value is -2.99. The summed E-state index contributed by atoms with van der Waals surface area (Å²) in [6, 6.07) is 14.0. The normalized spacial score (nSPS) is 13.7. The number of nitrogens with one attached hydrogen (secondary N) is 2. The molecule has 2 N–H and O–H groups in total. The van der Waals surface area contributed by atoms with Gasteiger partial charge >= 0.3 is 0 Å². The average Bonchev–Trinajstić information content (AvgIpc) is 3.32. The molecule has 6 heteroatoms. The van der Waals surface area contributed by atoms with Crippen LogP contribution in [0.2, 0.25) is 0 Å². The number of fused-ring (bicyclic) bond motifs is 2.